The molecule has 0 heterocycles. The summed E-state index contributed by atoms with van der Waals surface area (Å²) in [4.78, 5) is 38.1. The Morgan fingerprint density at radius 2 is 0.552 bits per heavy atom. The molecule has 0 bridgehead atoms. The number of ether oxygens (including phenoxy) is 3. The van der Waals surface area contributed by atoms with Crippen LogP contribution in [0.1, 0.15) is 303 Å². The monoisotopic (exact) mass is 939 g/mol. The fourth-order valence-corrected chi connectivity index (χ4v) is 8.35. The zero-order chi connectivity index (χ0) is 48.6. The summed E-state index contributed by atoms with van der Waals surface area (Å²) in [7, 11) is 0. The smallest absolute Gasteiger partial charge is 0.306 e. The van der Waals surface area contributed by atoms with E-state index in [1.165, 1.54) is 193 Å². The molecule has 0 N–H and O–H groups in total. The van der Waals surface area contributed by atoms with Gasteiger partial charge < -0.3 is 14.2 Å². The van der Waals surface area contributed by atoms with Crippen LogP contribution in [0.2, 0.25) is 0 Å². The quantitative estimate of drug-likeness (QED) is 0.0199. The van der Waals surface area contributed by atoms with Crippen LogP contribution < -0.4 is 0 Å². The number of esters is 3. The SMILES string of the molecule is CCCC/C=C\C=C/CCCCCC(=O)OCC(COC(=O)CCCCCCCCC/C=C\CCCCCCCCCC)OC(=O)CCCCCCCCC/C=C\CCCCCCCCCC. The van der Waals surface area contributed by atoms with Gasteiger partial charge >= 0.3 is 17.9 Å². The van der Waals surface area contributed by atoms with E-state index in [0.29, 0.717) is 19.3 Å². The maximum Gasteiger partial charge on any atom is 0.306 e. The van der Waals surface area contributed by atoms with E-state index in [1.807, 2.05) is 0 Å². The molecule has 0 saturated carbocycles. The summed E-state index contributed by atoms with van der Waals surface area (Å²) < 4.78 is 16.8. The van der Waals surface area contributed by atoms with Crippen LogP contribution in [-0.2, 0) is 28.6 Å². The molecule has 0 aliphatic heterocycles. The van der Waals surface area contributed by atoms with Crippen molar-refractivity contribution >= 4 is 17.9 Å². The van der Waals surface area contributed by atoms with Crippen LogP contribution in [0.4, 0.5) is 0 Å². The summed E-state index contributed by atoms with van der Waals surface area (Å²) in [5.74, 6) is -0.910. The van der Waals surface area contributed by atoms with Crippen molar-refractivity contribution in [3.05, 3.63) is 48.6 Å². The molecule has 1 unspecified atom stereocenters. The number of rotatable bonds is 53. The number of hydrogen-bond acceptors (Lipinski definition) is 6. The molecule has 0 aliphatic rings. The first-order chi connectivity index (χ1) is 33.0. The van der Waals surface area contributed by atoms with Gasteiger partial charge in [0.25, 0.3) is 0 Å². The molecule has 0 saturated heterocycles. The van der Waals surface area contributed by atoms with Crippen molar-refractivity contribution < 1.29 is 28.6 Å². The Labute approximate surface area is 416 Å². The van der Waals surface area contributed by atoms with E-state index in [2.05, 4.69) is 69.4 Å². The van der Waals surface area contributed by atoms with E-state index < -0.39 is 6.10 Å². The standard InChI is InChI=1S/C61H110O6/c1-4-7-10-13-16-19-22-24-26-28-30-32-34-36-39-42-45-48-51-54-60(63)66-57-58(56-65-59(62)53-50-47-44-41-38-21-18-15-12-9-6-3)67-61(64)55-52-49-46-43-40-37-35-33-31-29-27-25-23-20-17-14-11-8-5-2/h15,18,21,28-31,38,58H,4-14,16-17,19-20,22-27,32-37,39-57H2,1-3H3/b18-15-,30-28-,31-29-,38-21-. The molecule has 0 fully saturated rings. The summed E-state index contributed by atoms with van der Waals surface area (Å²) in [6.07, 6.45) is 68.2. The largest absolute Gasteiger partial charge is 0.462 e. The predicted molar refractivity (Wildman–Crippen MR) is 289 cm³/mol. The van der Waals surface area contributed by atoms with Crippen molar-refractivity contribution in [2.75, 3.05) is 13.2 Å². The summed E-state index contributed by atoms with van der Waals surface area (Å²) in [6.45, 7) is 6.59. The van der Waals surface area contributed by atoms with Crippen molar-refractivity contribution in [2.24, 2.45) is 0 Å². The van der Waals surface area contributed by atoms with E-state index in [9.17, 15) is 14.4 Å². The van der Waals surface area contributed by atoms with Gasteiger partial charge in [-0.1, -0.05) is 243 Å². The zero-order valence-electron chi connectivity index (χ0n) is 44.7. The average molecular weight is 940 g/mol. The summed E-state index contributed by atoms with van der Waals surface area (Å²) in [6, 6.07) is 0. The maximum absolute atomic E-state index is 12.8. The number of carbonyl (C=O) groups excluding carboxylic acids is 3. The lowest BCUT2D eigenvalue weighted by Crippen LogP contribution is -2.30. The maximum atomic E-state index is 12.8. The lowest BCUT2D eigenvalue weighted by Gasteiger charge is -2.18. The van der Waals surface area contributed by atoms with Crippen molar-refractivity contribution in [2.45, 2.75) is 309 Å². The van der Waals surface area contributed by atoms with Gasteiger partial charge in [-0.05, 0) is 89.9 Å². The van der Waals surface area contributed by atoms with Crippen LogP contribution in [0.3, 0.4) is 0 Å². The van der Waals surface area contributed by atoms with Gasteiger partial charge in [0.2, 0.25) is 0 Å². The molecule has 0 aromatic rings. The minimum Gasteiger partial charge on any atom is -0.462 e. The molecule has 0 aliphatic carbocycles. The lowest BCUT2D eigenvalue weighted by atomic mass is 10.1. The molecular formula is C61H110O6. The second kappa shape index (κ2) is 56.0. The summed E-state index contributed by atoms with van der Waals surface area (Å²) in [5, 5.41) is 0. The van der Waals surface area contributed by atoms with E-state index in [4.69, 9.17) is 14.2 Å². The van der Waals surface area contributed by atoms with Crippen LogP contribution in [0.5, 0.6) is 0 Å². The first kappa shape index (κ1) is 64.4. The van der Waals surface area contributed by atoms with Crippen molar-refractivity contribution in [3.8, 4) is 0 Å². The van der Waals surface area contributed by atoms with Crippen molar-refractivity contribution in [1.82, 2.24) is 0 Å². The Kier molecular flexibility index (Phi) is 53.8. The van der Waals surface area contributed by atoms with Gasteiger partial charge in [0.15, 0.2) is 6.10 Å². The number of unbranched alkanes of at least 4 members (excludes halogenated alkanes) is 35. The Bertz CT molecular complexity index is 1170. The minimum absolute atomic E-state index is 0.0843. The van der Waals surface area contributed by atoms with Crippen LogP contribution in [0, 0.1) is 0 Å². The number of hydrogen-bond donors (Lipinski definition) is 0. The summed E-state index contributed by atoms with van der Waals surface area (Å²) >= 11 is 0. The van der Waals surface area contributed by atoms with Crippen LogP contribution >= 0.6 is 0 Å². The Hall–Kier alpha value is -2.63. The topological polar surface area (TPSA) is 78.9 Å². The fraction of sp³-hybridized carbons (Fsp3) is 0.820. The third kappa shape index (κ3) is 54.2. The molecule has 0 aromatic heterocycles. The van der Waals surface area contributed by atoms with Crippen molar-refractivity contribution in [1.29, 1.82) is 0 Å². The molecule has 0 rings (SSSR count). The third-order valence-electron chi connectivity index (χ3n) is 12.8. The van der Waals surface area contributed by atoms with Gasteiger partial charge in [-0.3, -0.25) is 14.4 Å². The van der Waals surface area contributed by atoms with Gasteiger partial charge in [-0.15, -0.1) is 0 Å². The first-order valence-corrected chi connectivity index (χ1v) is 29.2. The van der Waals surface area contributed by atoms with Gasteiger partial charge in [0.05, 0.1) is 0 Å². The number of carbonyl (C=O) groups is 3. The molecule has 0 aromatic carbocycles. The van der Waals surface area contributed by atoms with Gasteiger partial charge in [0, 0.05) is 19.3 Å². The lowest BCUT2D eigenvalue weighted by molar-refractivity contribution is -0.167. The molecular weight excluding hydrogens is 829 g/mol. The molecule has 67 heavy (non-hydrogen) atoms. The Balaban J connectivity index is 4.33. The van der Waals surface area contributed by atoms with E-state index in [0.717, 1.165) is 70.6 Å². The van der Waals surface area contributed by atoms with Crippen molar-refractivity contribution in [3.63, 3.8) is 0 Å². The second-order valence-corrected chi connectivity index (χ2v) is 19.6. The minimum atomic E-state index is -0.787. The van der Waals surface area contributed by atoms with Crippen LogP contribution in [-0.4, -0.2) is 37.2 Å². The first-order valence-electron chi connectivity index (χ1n) is 29.2. The average Bonchev–Trinajstić information content (AvgIpc) is 3.33. The van der Waals surface area contributed by atoms with E-state index in [1.54, 1.807) is 0 Å². The molecule has 0 spiro atoms. The highest BCUT2D eigenvalue weighted by molar-refractivity contribution is 5.71. The van der Waals surface area contributed by atoms with Gasteiger partial charge in [-0.25, -0.2) is 0 Å². The number of allylic oxidation sites excluding steroid dienone is 8. The molecule has 0 radical (unpaired) electrons. The zero-order valence-corrected chi connectivity index (χ0v) is 44.7. The predicted octanol–water partition coefficient (Wildman–Crippen LogP) is 19.4. The van der Waals surface area contributed by atoms with E-state index in [-0.39, 0.29) is 31.1 Å². The fourth-order valence-electron chi connectivity index (χ4n) is 8.35. The van der Waals surface area contributed by atoms with Crippen LogP contribution in [0.15, 0.2) is 48.6 Å². The molecule has 1 atom stereocenters. The Morgan fingerprint density at radius 3 is 0.896 bits per heavy atom. The molecule has 0 amide bonds. The highest BCUT2D eigenvalue weighted by Gasteiger charge is 2.19. The highest BCUT2D eigenvalue weighted by Crippen LogP contribution is 2.16. The highest BCUT2D eigenvalue weighted by atomic mass is 16.6. The molecule has 390 valence electrons. The second-order valence-electron chi connectivity index (χ2n) is 19.6. The summed E-state index contributed by atoms with van der Waals surface area (Å²) in [5.41, 5.74) is 0. The van der Waals surface area contributed by atoms with Gasteiger partial charge in [0.1, 0.15) is 13.2 Å². The normalized spacial score (nSPS) is 12.3. The molecule has 6 nitrogen and oxygen atoms in total. The molecule has 6 heteroatoms. The third-order valence-corrected chi connectivity index (χ3v) is 12.8. The van der Waals surface area contributed by atoms with Crippen LogP contribution in [0.25, 0.3) is 0 Å². The van der Waals surface area contributed by atoms with E-state index >= 15 is 0 Å². The Morgan fingerprint density at radius 1 is 0.299 bits per heavy atom. The van der Waals surface area contributed by atoms with Gasteiger partial charge in [-0.2, -0.15) is 0 Å².